The lowest BCUT2D eigenvalue weighted by Gasteiger charge is -2.15. The summed E-state index contributed by atoms with van der Waals surface area (Å²) < 4.78 is 32.7. The number of carbonyl (C=O) groups is 1. The normalized spacial score (nSPS) is 12.7. The highest BCUT2D eigenvalue weighted by molar-refractivity contribution is 9.10. The number of ether oxygens (including phenoxy) is 1. The zero-order valence-electron chi connectivity index (χ0n) is 11.4. The van der Waals surface area contributed by atoms with Gasteiger partial charge in [0, 0.05) is 4.47 Å². The molecule has 0 aliphatic heterocycles. The van der Waals surface area contributed by atoms with Crippen LogP contribution in [-0.4, -0.2) is 32.1 Å². The lowest BCUT2D eigenvalue weighted by atomic mass is 10.2. The van der Waals surface area contributed by atoms with Gasteiger partial charge in [-0.3, -0.25) is 4.79 Å². The number of halogens is 1. The molecule has 0 saturated heterocycles. The van der Waals surface area contributed by atoms with Crippen LogP contribution in [0.25, 0.3) is 0 Å². The Balaban J connectivity index is 3.20. The van der Waals surface area contributed by atoms with Crippen molar-refractivity contribution in [2.45, 2.75) is 24.3 Å². The first-order valence-electron chi connectivity index (χ1n) is 6.10. The van der Waals surface area contributed by atoms with Gasteiger partial charge in [-0.05, 0) is 31.5 Å². The van der Waals surface area contributed by atoms with Gasteiger partial charge in [-0.2, -0.15) is 4.72 Å². The van der Waals surface area contributed by atoms with Crippen LogP contribution < -0.4 is 9.46 Å². The molecule has 8 heteroatoms. The molecule has 1 aromatic rings. The molecule has 116 valence electrons. The Morgan fingerprint density at radius 1 is 1.57 bits per heavy atom. The number of nitrogens with one attached hydrogen (secondary N) is 1. The molecule has 2 N–H and O–H groups in total. The molecule has 0 bridgehead atoms. The lowest BCUT2D eigenvalue weighted by molar-refractivity contribution is -0.138. The summed E-state index contributed by atoms with van der Waals surface area (Å²) in [6.07, 6.45) is 1.32. The molecular formula is C13H16BrNO5S. The number of benzene rings is 1. The van der Waals surface area contributed by atoms with Crippen LogP contribution in [0.2, 0.25) is 0 Å². The fourth-order valence-electron chi connectivity index (χ4n) is 1.58. The lowest BCUT2D eigenvalue weighted by Crippen LogP contribution is -2.40. The van der Waals surface area contributed by atoms with E-state index < -0.39 is 22.0 Å². The van der Waals surface area contributed by atoms with E-state index in [0.29, 0.717) is 11.1 Å². The minimum Gasteiger partial charge on any atom is -0.492 e. The van der Waals surface area contributed by atoms with Crippen LogP contribution >= 0.6 is 15.9 Å². The minimum atomic E-state index is -4.04. The van der Waals surface area contributed by atoms with Gasteiger partial charge in [-0.25, -0.2) is 8.42 Å². The summed E-state index contributed by atoms with van der Waals surface area (Å²) >= 11 is 3.19. The number of hydrogen-bond donors (Lipinski definition) is 2. The van der Waals surface area contributed by atoms with Crippen LogP contribution in [0.3, 0.4) is 0 Å². The van der Waals surface area contributed by atoms with Gasteiger partial charge in [0.25, 0.3) is 0 Å². The second kappa shape index (κ2) is 7.58. The first-order chi connectivity index (χ1) is 9.81. The van der Waals surface area contributed by atoms with Crippen molar-refractivity contribution in [3.8, 4) is 5.75 Å². The third-order valence-corrected chi connectivity index (χ3v) is 4.48. The molecule has 21 heavy (non-hydrogen) atoms. The van der Waals surface area contributed by atoms with Crippen molar-refractivity contribution in [2.75, 3.05) is 6.61 Å². The maximum atomic E-state index is 12.4. The van der Waals surface area contributed by atoms with Crippen molar-refractivity contribution < 1.29 is 23.1 Å². The Kier molecular flexibility index (Phi) is 6.38. The van der Waals surface area contributed by atoms with E-state index in [1.807, 2.05) is 0 Å². The van der Waals surface area contributed by atoms with Crippen molar-refractivity contribution >= 4 is 31.9 Å². The van der Waals surface area contributed by atoms with Gasteiger partial charge < -0.3 is 9.84 Å². The topological polar surface area (TPSA) is 92.7 Å². The quantitative estimate of drug-likeness (QED) is 0.677. The van der Waals surface area contributed by atoms with Gasteiger partial charge >= 0.3 is 5.97 Å². The van der Waals surface area contributed by atoms with E-state index in [2.05, 4.69) is 27.2 Å². The second-order valence-electron chi connectivity index (χ2n) is 4.06. The maximum Gasteiger partial charge on any atom is 0.322 e. The van der Waals surface area contributed by atoms with E-state index in [1.165, 1.54) is 18.2 Å². The standard InChI is InChI=1S/C13H16BrNO5S/c1-3-5-10(13(16)17)15-21(18,19)12-8-9(14)6-7-11(12)20-4-2/h3,6-8,10,15H,1,4-5H2,2H3,(H,16,17). The number of carboxylic acid groups (broad SMARTS) is 1. The summed E-state index contributed by atoms with van der Waals surface area (Å²) in [6, 6.07) is 3.23. The predicted molar refractivity (Wildman–Crippen MR) is 81.9 cm³/mol. The van der Waals surface area contributed by atoms with E-state index in [-0.39, 0.29) is 17.1 Å². The van der Waals surface area contributed by atoms with Gasteiger partial charge in [0.05, 0.1) is 6.61 Å². The Labute approximate surface area is 132 Å². The van der Waals surface area contributed by atoms with Crippen LogP contribution in [0, 0.1) is 0 Å². The highest BCUT2D eigenvalue weighted by Crippen LogP contribution is 2.27. The molecule has 0 aromatic heterocycles. The predicted octanol–water partition coefficient (Wildman–Crippen LogP) is 2.16. The molecule has 6 nitrogen and oxygen atoms in total. The Morgan fingerprint density at radius 3 is 2.76 bits per heavy atom. The van der Waals surface area contributed by atoms with E-state index in [0.717, 1.165) is 0 Å². The minimum absolute atomic E-state index is 0.0213. The SMILES string of the molecule is C=CCC(NS(=O)(=O)c1cc(Br)ccc1OCC)C(=O)O. The third-order valence-electron chi connectivity index (χ3n) is 2.49. The summed E-state index contributed by atoms with van der Waals surface area (Å²) in [4.78, 5) is 10.9. The molecule has 1 unspecified atom stereocenters. The van der Waals surface area contributed by atoms with Crippen molar-refractivity contribution in [3.63, 3.8) is 0 Å². The third kappa shape index (κ3) is 4.83. The number of rotatable bonds is 8. The molecular weight excluding hydrogens is 362 g/mol. The largest absolute Gasteiger partial charge is 0.492 e. The van der Waals surface area contributed by atoms with E-state index in [9.17, 15) is 13.2 Å². The molecule has 0 fully saturated rings. The molecule has 0 saturated carbocycles. The molecule has 1 aromatic carbocycles. The highest BCUT2D eigenvalue weighted by atomic mass is 79.9. The summed E-state index contributed by atoms with van der Waals surface area (Å²) in [5.74, 6) is -1.11. The first kappa shape index (κ1) is 17.7. The number of carboxylic acids is 1. The molecule has 0 amide bonds. The Hall–Kier alpha value is -1.38. The van der Waals surface area contributed by atoms with Crippen molar-refractivity contribution in [2.24, 2.45) is 0 Å². The Morgan fingerprint density at radius 2 is 2.24 bits per heavy atom. The fraction of sp³-hybridized carbons (Fsp3) is 0.308. The van der Waals surface area contributed by atoms with Crippen LogP contribution in [0.5, 0.6) is 5.75 Å². The fourth-order valence-corrected chi connectivity index (χ4v) is 3.47. The molecule has 1 rings (SSSR count). The summed E-state index contributed by atoms with van der Waals surface area (Å²) in [7, 11) is -4.04. The van der Waals surface area contributed by atoms with E-state index >= 15 is 0 Å². The van der Waals surface area contributed by atoms with Crippen LogP contribution in [0.4, 0.5) is 0 Å². The van der Waals surface area contributed by atoms with Gasteiger partial charge in [-0.15, -0.1) is 6.58 Å². The van der Waals surface area contributed by atoms with Gasteiger partial charge in [0.15, 0.2) is 0 Å². The van der Waals surface area contributed by atoms with Crippen LogP contribution in [-0.2, 0) is 14.8 Å². The average molecular weight is 378 g/mol. The van der Waals surface area contributed by atoms with Crippen LogP contribution in [0.1, 0.15) is 13.3 Å². The molecule has 0 heterocycles. The first-order valence-corrected chi connectivity index (χ1v) is 8.37. The summed E-state index contributed by atoms with van der Waals surface area (Å²) in [5.41, 5.74) is 0. The maximum absolute atomic E-state index is 12.4. The summed E-state index contributed by atoms with van der Waals surface area (Å²) in [6.45, 7) is 5.43. The molecule has 0 radical (unpaired) electrons. The summed E-state index contributed by atoms with van der Waals surface area (Å²) in [5, 5.41) is 9.03. The molecule has 0 aliphatic carbocycles. The number of aliphatic carboxylic acids is 1. The van der Waals surface area contributed by atoms with E-state index in [1.54, 1.807) is 13.0 Å². The Bertz CT molecular complexity index is 629. The zero-order chi connectivity index (χ0) is 16.0. The number of hydrogen-bond acceptors (Lipinski definition) is 4. The smallest absolute Gasteiger partial charge is 0.322 e. The molecule has 0 spiro atoms. The number of sulfonamides is 1. The van der Waals surface area contributed by atoms with Crippen LogP contribution in [0.15, 0.2) is 40.2 Å². The monoisotopic (exact) mass is 377 g/mol. The van der Waals surface area contributed by atoms with Gasteiger partial charge in [0.1, 0.15) is 16.7 Å². The van der Waals surface area contributed by atoms with Crippen molar-refractivity contribution in [1.29, 1.82) is 0 Å². The second-order valence-corrected chi connectivity index (χ2v) is 6.66. The molecule has 0 aliphatic rings. The van der Waals surface area contributed by atoms with Crippen molar-refractivity contribution in [1.82, 2.24) is 4.72 Å². The van der Waals surface area contributed by atoms with Crippen molar-refractivity contribution in [3.05, 3.63) is 35.3 Å². The van der Waals surface area contributed by atoms with Gasteiger partial charge in [0.2, 0.25) is 10.0 Å². The average Bonchev–Trinajstić information content (AvgIpc) is 2.40. The molecule has 1 atom stereocenters. The van der Waals surface area contributed by atoms with E-state index in [4.69, 9.17) is 9.84 Å². The van der Waals surface area contributed by atoms with Gasteiger partial charge in [-0.1, -0.05) is 22.0 Å². The zero-order valence-corrected chi connectivity index (χ0v) is 13.8. The highest BCUT2D eigenvalue weighted by Gasteiger charge is 2.27.